The van der Waals surface area contributed by atoms with E-state index < -0.39 is 12.5 Å². The summed E-state index contributed by atoms with van der Waals surface area (Å²) in [6.45, 7) is 0.628. The lowest BCUT2D eigenvalue weighted by atomic mass is 10.0. The van der Waals surface area contributed by atoms with E-state index in [1.807, 2.05) is 0 Å². The predicted molar refractivity (Wildman–Crippen MR) is 48.6 cm³/mol. The molecule has 0 aliphatic carbocycles. The van der Waals surface area contributed by atoms with Crippen molar-refractivity contribution in [3.63, 3.8) is 0 Å². The van der Waals surface area contributed by atoms with Crippen LogP contribution >= 0.6 is 0 Å². The second-order valence-corrected chi connectivity index (χ2v) is 3.33. The molecule has 1 aromatic rings. The lowest BCUT2D eigenvalue weighted by Gasteiger charge is -2.11. The molecule has 0 saturated heterocycles. The van der Waals surface area contributed by atoms with Crippen LogP contribution in [0.3, 0.4) is 0 Å². The number of hydrogen-bond acceptors (Lipinski definition) is 2. The van der Waals surface area contributed by atoms with E-state index in [4.69, 9.17) is 10.5 Å². The molecule has 0 fully saturated rings. The Labute approximate surface area is 80.7 Å². The SMILES string of the molecule is N[C@H](c1ccc2c(c1)CCO2)C(F)F. The van der Waals surface area contributed by atoms with Crippen molar-refractivity contribution in [3.8, 4) is 5.75 Å². The number of halogens is 2. The molecule has 1 aromatic carbocycles. The highest BCUT2D eigenvalue weighted by Gasteiger charge is 2.20. The van der Waals surface area contributed by atoms with Gasteiger partial charge >= 0.3 is 0 Å². The summed E-state index contributed by atoms with van der Waals surface area (Å²) >= 11 is 0. The second-order valence-electron chi connectivity index (χ2n) is 3.33. The van der Waals surface area contributed by atoms with Crippen molar-refractivity contribution >= 4 is 0 Å². The van der Waals surface area contributed by atoms with Gasteiger partial charge in [0.1, 0.15) is 5.75 Å². The molecule has 1 aliphatic heterocycles. The van der Waals surface area contributed by atoms with Crippen molar-refractivity contribution in [2.75, 3.05) is 6.61 Å². The molecule has 2 N–H and O–H groups in total. The zero-order valence-electron chi connectivity index (χ0n) is 7.54. The number of benzene rings is 1. The first-order valence-corrected chi connectivity index (χ1v) is 4.48. The van der Waals surface area contributed by atoms with Crippen LogP contribution in [0.4, 0.5) is 8.78 Å². The van der Waals surface area contributed by atoms with Gasteiger partial charge in [-0.2, -0.15) is 0 Å². The molecule has 1 aliphatic rings. The van der Waals surface area contributed by atoms with E-state index in [0.717, 1.165) is 17.7 Å². The fourth-order valence-electron chi connectivity index (χ4n) is 1.56. The molecule has 2 nitrogen and oxygen atoms in total. The summed E-state index contributed by atoms with van der Waals surface area (Å²) < 4.78 is 29.9. The van der Waals surface area contributed by atoms with Crippen molar-refractivity contribution in [1.82, 2.24) is 0 Å². The lowest BCUT2D eigenvalue weighted by molar-refractivity contribution is 0.116. The second kappa shape index (κ2) is 3.53. The van der Waals surface area contributed by atoms with Crippen LogP contribution in [-0.4, -0.2) is 13.0 Å². The molecule has 14 heavy (non-hydrogen) atoms. The Morgan fingerprint density at radius 3 is 2.86 bits per heavy atom. The third kappa shape index (κ3) is 1.57. The average Bonchev–Trinajstić information content (AvgIpc) is 2.62. The summed E-state index contributed by atoms with van der Waals surface area (Å²) in [6.07, 6.45) is -1.74. The zero-order valence-corrected chi connectivity index (χ0v) is 7.54. The van der Waals surface area contributed by atoms with Crippen LogP contribution in [0.25, 0.3) is 0 Å². The molecule has 0 bridgehead atoms. The summed E-state index contributed by atoms with van der Waals surface area (Å²) in [6, 6.07) is 3.82. The van der Waals surface area contributed by atoms with E-state index in [0.29, 0.717) is 12.2 Å². The first-order valence-electron chi connectivity index (χ1n) is 4.48. The van der Waals surface area contributed by atoms with Gasteiger partial charge in [0.05, 0.1) is 12.6 Å². The van der Waals surface area contributed by atoms with Gasteiger partial charge < -0.3 is 10.5 Å². The van der Waals surface area contributed by atoms with Crippen LogP contribution in [0.1, 0.15) is 17.2 Å². The lowest BCUT2D eigenvalue weighted by Crippen LogP contribution is -2.18. The molecule has 0 spiro atoms. The Morgan fingerprint density at radius 2 is 2.14 bits per heavy atom. The van der Waals surface area contributed by atoms with E-state index >= 15 is 0 Å². The molecular formula is C10H11F2NO. The van der Waals surface area contributed by atoms with Gasteiger partial charge in [-0.25, -0.2) is 8.78 Å². The molecule has 0 saturated carbocycles. The molecule has 1 heterocycles. The Bertz CT molecular complexity index is 341. The molecule has 76 valence electrons. The van der Waals surface area contributed by atoms with E-state index in [1.54, 1.807) is 18.2 Å². The summed E-state index contributed by atoms with van der Waals surface area (Å²) in [5.41, 5.74) is 6.79. The van der Waals surface area contributed by atoms with Crippen molar-refractivity contribution in [1.29, 1.82) is 0 Å². The van der Waals surface area contributed by atoms with E-state index in [2.05, 4.69) is 0 Å². The van der Waals surface area contributed by atoms with E-state index in [-0.39, 0.29) is 0 Å². The number of ether oxygens (including phenoxy) is 1. The minimum Gasteiger partial charge on any atom is -0.493 e. The molecule has 0 amide bonds. The highest BCUT2D eigenvalue weighted by molar-refractivity contribution is 5.40. The number of fused-ring (bicyclic) bond motifs is 1. The van der Waals surface area contributed by atoms with Crippen LogP contribution in [0.15, 0.2) is 18.2 Å². The highest BCUT2D eigenvalue weighted by Crippen LogP contribution is 2.29. The van der Waals surface area contributed by atoms with Gasteiger partial charge in [0.15, 0.2) is 0 Å². The number of hydrogen-bond donors (Lipinski definition) is 1. The Morgan fingerprint density at radius 1 is 1.36 bits per heavy atom. The average molecular weight is 199 g/mol. The van der Waals surface area contributed by atoms with Gasteiger partial charge in [-0.1, -0.05) is 12.1 Å². The number of alkyl halides is 2. The van der Waals surface area contributed by atoms with Gasteiger partial charge in [0.2, 0.25) is 0 Å². The van der Waals surface area contributed by atoms with Gasteiger partial charge in [-0.05, 0) is 17.2 Å². The summed E-state index contributed by atoms with van der Waals surface area (Å²) in [7, 11) is 0. The molecular weight excluding hydrogens is 188 g/mol. The maximum atomic E-state index is 12.3. The quantitative estimate of drug-likeness (QED) is 0.789. The Hall–Kier alpha value is -1.16. The molecule has 4 heteroatoms. The van der Waals surface area contributed by atoms with Gasteiger partial charge in [-0.3, -0.25) is 0 Å². The van der Waals surface area contributed by atoms with Crippen LogP contribution in [0.2, 0.25) is 0 Å². The minimum absolute atomic E-state index is 0.476. The fourth-order valence-corrected chi connectivity index (χ4v) is 1.56. The summed E-state index contributed by atoms with van der Waals surface area (Å²) in [5.74, 6) is 0.787. The van der Waals surface area contributed by atoms with Crippen LogP contribution in [0.5, 0.6) is 5.75 Å². The van der Waals surface area contributed by atoms with Crippen LogP contribution in [-0.2, 0) is 6.42 Å². The third-order valence-electron chi connectivity index (χ3n) is 2.37. The molecule has 0 unspecified atom stereocenters. The van der Waals surface area contributed by atoms with Crippen LogP contribution < -0.4 is 10.5 Å². The number of rotatable bonds is 2. The van der Waals surface area contributed by atoms with Gasteiger partial charge in [0.25, 0.3) is 6.43 Å². The topological polar surface area (TPSA) is 35.2 Å². The fraction of sp³-hybridized carbons (Fsp3) is 0.400. The molecule has 1 atom stereocenters. The zero-order chi connectivity index (χ0) is 10.1. The monoisotopic (exact) mass is 199 g/mol. The standard InChI is InChI=1S/C10H11F2NO/c11-10(12)9(13)7-1-2-8-6(5-7)3-4-14-8/h1-2,5,9-10H,3-4,13H2/t9-/m1/s1. The maximum absolute atomic E-state index is 12.3. The smallest absolute Gasteiger partial charge is 0.257 e. The van der Waals surface area contributed by atoms with Gasteiger partial charge in [-0.15, -0.1) is 0 Å². The van der Waals surface area contributed by atoms with Crippen molar-refractivity contribution in [3.05, 3.63) is 29.3 Å². The Balaban J connectivity index is 2.28. The van der Waals surface area contributed by atoms with Crippen molar-refractivity contribution in [2.45, 2.75) is 18.9 Å². The first-order chi connectivity index (χ1) is 6.68. The summed E-state index contributed by atoms with van der Waals surface area (Å²) in [5, 5.41) is 0. The minimum atomic E-state index is -2.52. The predicted octanol–water partition coefficient (Wildman–Crippen LogP) is 1.89. The largest absolute Gasteiger partial charge is 0.493 e. The molecule has 2 rings (SSSR count). The normalized spacial score (nSPS) is 16.6. The highest BCUT2D eigenvalue weighted by atomic mass is 19.3. The molecule has 0 radical (unpaired) electrons. The summed E-state index contributed by atoms with van der Waals surface area (Å²) in [4.78, 5) is 0. The third-order valence-corrected chi connectivity index (χ3v) is 2.37. The number of nitrogens with two attached hydrogens (primary N) is 1. The molecule has 0 aromatic heterocycles. The van der Waals surface area contributed by atoms with E-state index in [1.165, 1.54) is 0 Å². The van der Waals surface area contributed by atoms with Crippen LogP contribution in [0, 0.1) is 0 Å². The van der Waals surface area contributed by atoms with Gasteiger partial charge in [0, 0.05) is 6.42 Å². The Kier molecular flexibility index (Phi) is 2.37. The first kappa shape index (κ1) is 9.40. The van der Waals surface area contributed by atoms with Crippen molar-refractivity contribution < 1.29 is 13.5 Å². The maximum Gasteiger partial charge on any atom is 0.257 e. The van der Waals surface area contributed by atoms with Crippen molar-refractivity contribution in [2.24, 2.45) is 5.73 Å². The van der Waals surface area contributed by atoms with E-state index in [9.17, 15) is 8.78 Å².